The number of aryl methyl sites for hydroxylation is 2. The second-order valence-electron chi connectivity index (χ2n) is 7.80. The number of piperidine rings is 1. The minimum Gasteiger partial charge on any atom is -0.339 e. The van der Waals surface area contributed by atoms with Gasteiger partial charge in [-0.2, -0.15) is 0 Å². The molecule has 1 aromatic carbocycles. The second kappa shape index (κ2) is 8.53. The Morgan fingerprint density at radius 2 is 1.63 bits per heavy atom. The molecule has 0 aliphatic carbocycles. The lowest BCUT2D eigenvalue weighted by molar-refractivity contribution is -0.121. The second-order valence-corrected chi connectivity index (χ2v) is 7.80. The smallest absolute Gasteiger partial charge is 0.253 e. The molecule has 2 aromatic heterocycles. The van der Waals surface area contributed by atoms with Gasteiger partial charge in [-0.1, -0.05) is 0 Å². The molecule has 30 heavy (non-hydrogen) atoms. The van der Waals surface area contributed by atoms with E-state index in [1.54, 1.807) is 18.5 Å². The summed E-state index contributed by atoms with van der Waals surface area (Å²) < 4.78 is 2.17. The molecule has 0 saturated carbocycles. The SMILES string of the molecule is Cc1ccc(C)n1-c1ccc(C(=O)N2CCC(C(=O)Nc3cccnc3)CC2)cc1. The Kier molecular flexibility index (Phi) is 5.65. The van der Waals surface area contributed by atoms with Crippen LogP contribution in [0.2, 0.25) is 0 Å². The molecule has 0 unspecified atom stereocenters. The van der Waals surface area contributed by atoms with Crippen LogP contribution in [0.5, 0.6) is 0 Å². The number of anilines is 1. The first-order valence-corrected chi connectivity index (χ1v) is 10.3. The average molecular weight is 402 g/mol. The number of hydrogen-bond acceptors (Lipinski definition) is 3. The first-order valence-electron chi connectivity index (χ1n) is 10.3. The van der Waals surface area contributed by atoms with Gasteiger partial charge >= 0.3 is 0 Å². The van der Waals surface area contributed by atoms with E-state index in [1.165, 1.54) is 11.4 Å². The van der Waals surface area contributed by atoms with Crippen LogP contribution in [0.3, 0.4) is 0 Å². The predicted octanol–water partition coefficient (Wildman–Crippen LogP) is 3.98. The van der Waals surface area contributed by atoms with Gasteiger partial charge in [-0.05, 0) is 75.2 Å². The number of likely N-dealkylation sites (tertiary alicyclic amines) is 1. The van der Waals surface area contributed by atoms with E-state index in [0.717, 1.165) is 5.69 Å². The Labute approximate surface area is 176 Å². The number of benzene rings is 1. The van der Waals surface area contributed by atoms with Crippen LogP contribution in [0.15, 0.2) is 60.9 Å². The number of amides is 2. The quantitative estimate of drug-likeness (QED) is 0.718. The highest BCUT2D eigenvalue weighted by atomic mass is 16.2. The molecule has 1 N–H and O–H groups in total. The van der Waals surface area contributed by atoms with Gasteiger partial charge in [0.15, 0.2) is 0 Å². The molecular weight excluding hydrogens is 376 g/mol. The summed E-state index contributed by atoms with van der Waals surface area (Å²) in [5.74, 6) is -0.0677. The lowest BCUT2D eigenvalue weighted by Crippen LogP contribution is -2.41. The van der Waals surface area contributed by atoms with Crippen LogP contribution in [-0.2, 0) is 4.79 Å². The Morgan fingerprint density at radius 3 is 2.23 bits per heavy atom. The number of carbonyl (C=O) groups is 2. The molecule has 6 heteroatoms. The molecule has 0 spiro atoms. The number of rotatable bonds is 4. The zero-order valence-corrected chi connectivity index (χ0v) is 17.3. The minimum atomic E-state index is -0.0867. The molecule has 0 atom stereocenters. The fraction of sp³-hybridized carbons (Fsp3) is 0.292. The van der Waals surface area contributed by atoms with E-state index in [0.29, 0.717) is 37.2 Å². The number of carbonyl (C=O) groups excluding carboxylic acids is 2. The predicted molar refractivity (Wildman–Crippen MR) is 117 cm³/mol. The summed E-state index contributed by atoms with van der Waals surface area (Å²) in [5.41, 5.74) is 4.77. The Bertz CT molecular complexity index is 1010. The van der Waals surface area contributed by atoms with Crippen molar-refractivity contribution in [2.45, 2.75) is 26.7 Å². The maximum Gasteiger partial charge on any atom is 0.253 e. The van der Waals surface area contributed by atoms with Crippen LogP contribution in [-0.4, -0.2) is 39.4 Å². The van der Waals surface area contributed by atoms with E-state index < -0.39 is 0 Å². The fourth-order valence-electron chi connectivity index (χ4n) is 4.04. The molecule has 6 nitrogen and oxygen atoms in total. The first kappa shape index (κ1) is 19.9. The van der Waals surface area contributed by atoms with E-state index in [1.807, 2.05) is 35.2 Å². The van der Waals surface area contributed by atoms with Crippen molar-refractivity contribution in [2.24, 2.45) is 5.92 Å². The lowest BCUT2D eigenvalue weighted by Gasteiger charge is -2.31. The Hall–Kier alpha value is -3.41. The fourth-order valence-corrected chi connectivity index (χ4v) is 4.04. The third kappa shape index (κ3) is 4.13. The van der Waals surface area contributed by atoms with Gasteiger partial charge in [0, 0.05) is 47.8 Å². The topological polar surface area (TPSA) is 67.2 Å². The van der Waals surface area contributed by atoms with Crippen molar-refractivity contribution >= 4 is 17.5 Å². The van der Waals surface area contributed by atoms with Gasteiger partial charge in [0.1, 0.15) is 0 Å². The van der Waals surface area contributed by atoms with Crippen LogP contribution in [0.1, 0.15) is 34.6 Å². The van der Waals surface area contributed by atoms with Crippen molar-refractivity contribution in [1.29, 1.82) is 0 Å². The van der Waals surface area contributed by atoms with Gasteiger partial charge in [0.05, 0.1) is 11.9 Å². The number of nitrogens with zero attached hydrogens (tertiary/aromatic N) is 3. The Balaban J connectivity index is 1.36. The molecule has 3 aromatic rings. The van der Waals surface area contributed by atoms with Gasteiger partial charge in [0.25, 0.3) is 5.91 Å². The van der Waals surface area contributed by atoms with Crippen molar-refractivity contribution < 1.29 is 9.59 Å². The molecule has 154 valence electrons. The first-order chi connectivity index (χ1) is 14.5. The summed E-state index contributed by atoms with van der Waals surface area (Å²) in [6, 6.07) is 15.5. The van der Waals surface area contributed by atoms with E-state index in [4.69, 9.17) is 0 Å². The number of pyridine rings is 1. The third-order valence-corrected chi connectivity index (χ3v) is 5.73. The minimum absolute atomic E-state index is 0.00286. The molecular formula is C24H26N4O2. The summed E-state index contributed by atoms with van der Waals surface area (Å²) in [5, 5.41) is 2.91. The van der Waals surface area contributed by atoms with Crippen molar-refractivity contribution in [3.8, 4) is 5.69 Å². The van der Waals surface area contributed by atoms with E-state index in [2.05, 4.69) is 40.8 Å². The normalized spacial score (nSPS) is 14.5. The molecule has 2 amide bonds. The zero-order valence-electron chi connectivity index (χ0n) is 17.3. The highest BCUT2D eigenvalue weighted by molar-refractivity contribution is 5.95. The van der Waals surface area contributed by atoms with Crippen LogP contribution in [0.25, 0.3) is 5.69 Å². The lowest BCUT2D eigenvalue weighted by atomic mass is 9.95. The largest absolute Gasteiger partial charge is 0.339 e. The maximum absolute atomic E-state index is 12.9. The van der Waals surface area contributed by atoms with Crippen molar-refractivity contribution in [3.05, 3.63) is 77.9 Å². The van der Waals surface area contributed by atoms with Gasteiger partial charge in [0.2, 0.25) is 5.91 Å². The van der Waals surface area contributed by atoms with Crippen molar-refractivity contribution in [3.63, 3.8) is 0 Å². The summed E-state index contributed by atoms with van der Waals surface area (Å²) >= 11 is 0. The van der Waals surface area contributed by atoms with Gasteiger partial charge in [-0.25, -0.2) is 0 Å². The van der Waals surface area contributed by atoms with Gasteiger partial charge in [-0.15, -0.1) is 0 Å². The van der Waals surface area contributed by atoms with E-state index in [-0.39, 0.29) is 17.7 Å². The molecule has 1 fully saturated rings. The van der Waals surface area contributed by atoms with Crippen LogP contribution in [0.4, 0.5) is 5.69 Å². The Morgan fingerprint density at radius 1 is 0.967 bits per heavy atom. The van der Waals surface area contributed by atoms with Crippen LogP contribution >= 0.6 is 0 Å². The summed E-state index contributed by atoms with van der Waals surface area (Å²) in [7, 11) is 0. The molecule has 4 rings (SSSR count). The van der Waals surface area contributed by atoms with Crippen LogP contribution < -0.4 is 5.32 Å². The van der Waals surface area contributed by atoms with Crippen molar-refractivity contribution in [1.82, 2.24) is 14.5 Å². The van der Waals surface area contributed by atoms with Crippen LogP contribution in [0, 0.1) is 19.8 Å². The van der Waals surface area contributed by atoms with Gasteiger partial charge < -0.3 is 14.8 Å². The molecule has 1 saturated heterocycles. The summed E-state index contributed by atoms with van der Waals surface area (Å²) in [4.78, 5) is 31.2. The summed E-state index contributed by atoms with van der Waals surface area (Å²) in [6.45, 7) is 5.31. The summed E-state index contributed by atoms with van der Waals surface area (Å²) in [6.07, 6.45) is 4.64. The molecule has 1 aliphatic rings. The number of hydrogen-bond donors (Lipinski definition) is 1. The highest BCUT2D eigenvalue weighted by Crippen LogP contribution is 2.22. The van der Waals surface area contributed by atoms with Crippen molar-refractivity contribution in [2.75, 3.05) is 18.4 Å². The number of aromatic nitrogens is 2. The van der Waals surface area contributed by atoms with Gasteiger partial charge in [-0.3, -0.25) is 14.6 Å². The van der Waals surface area contributed by atoms with E-state index in [9.17, 15) is 9.59 Å². The molecule has 0 radical (unpaired) electrons. The molecule has 3 heterocycles. The third-order valence-electron chi connectivity index (χ3n) is 5.73. The standard InChI is InChI=1S/C24H26N4O2/c1-17-5-6-18(2)28(17)22-9-7-20(8-10-22)24(30)27-14-11-19(12-15-27)23(29)26-21-4-3-13-25-16-21/h3-10,13,16,19H,11-12,14-15H2,1-2H3,(H,26,29). The zero-order chi connectivity index (χ0) is 21.1. The monoisotopic (exact) mass is 402 g/mol. The number of nitrogens with one attached hydrogen (secondary N) is 1. The maximum atomic E-state index is 12.9. The highest BCUT2D eigenvalue weighted by Gasteiger charge is 2.28. The van der Waals surface area contributed by atoms with E-state index >= 15 is 0 Å². The molecule has 0 bridgehead atoms. The average Bonchev–Trinajstić information content (AvgIpc) is 3.12. The molecule has 1 aliphatic heterocycles.